The van der Waals surface area contributed by atoms with Gasteiger partial charge in [-0.3, -0.25) is 14.9 Å². The van der Waals surface area contributed by atoms with Crippen molar-refractivity contribution in [1.82, 2.24) is 5.32 Å². The first kappa shape index (κ1) is 22.7. The molecule has 0 radical (unpaired) electrons. The fourth-order valence-electron chi connectivity index (χ4n) is 2.83. The predicted octanol–water partition coefficient (Wildman–Crippen LogP) is 4.86. The minimum atomic E-state index is -0.373. The van der Waals surface area contributed by atoms with Gasteiger partial charge in [0.05, 0.1) is 17.9 Å². The number of benzene rings is 3. The van der Waals surface area contributed by atoms with Crippen molar-refractivity contribution in [3.63, 3.8) is 0 Å². The van der Waals surface area contributed by atoms with Gasteiger partial charge in [-0.25, -0.2) is 0 Å². The molecule has 3 rings (SSSR count). The van der Waals surface area contributed by atoms with E-state index in [1.165, 1.54) is 6.08 Å². The van der Waals surface area contributed by atoms with Crippen LogP contribution < -0.4 is 20.7 Å². The number of rotatable bonds is 7. The van der Waals surface area contributed by atoms with Gasteiger partial charge in [0.1, 0.15) is 5.75 Å². The molecule has 7 heteroatoms. The second kappa shape index (κ2) is 11.4. The normalized spacial score (nSPS) is 10.4. The summed E-state index contributed by atoms with van der Waals surface area (Å²) in [4.78, 5) is 24.9. The highest BCUT2D eigenvalue weighted by Crippen LogP contribution is 2.19. The fourth-order valence-corrected chi connectivity index (χ4v) is 3.04. The monoisotopic (exact) mass is 445 g/mol. The van der Waals surface area contributed by atoms with E-state index in [2.05, 4.69) is 16.0 Å². The molecule has 0 heterocycles. The smallest absolute Gasteiger partial charge is 0.257 e. The van der Waals surface area contributed by atoms with Crippen molar-refractivity contribution >= 4 is 46.6 Å². The van der Waals surface area contributed by atoms with Crippen LogP contribution in [0.15, 0.2) is 84.9 Å². The third kappa shape index (κ3) is 6.78. The molecule has 0 unspecified atom stereocenters. The Bertz CT molecular complexity index is 1110. The minimum absolute atomic E-state index is 0.0917. The maximum atomic E-state index is 12.8. The summed E-state index contributed by atoms with van der Waals surface area (Å²) >= 11 is 5.24. The Balaban J connectivity index is 1.61. The molecule has 0 spiro atoms. The number of ether oxygens (including phenoxy) is 1. The van der Waals surface area contributed by atoms with Crippen LogP contribution in [0.1, 0.15) is 22.8 Å². The van der Waals surface area contributed by atoms with Gasteiger partial charge >= 0.3 is 0 Å². The van der Waals surface area contributed by atoms with Crippen LogP contribution in [-0.2, 0) is 4.79 Å². The van der Waals surface area contributed by atoms with E-state index in [4.69, 9.17) is 17.0 Å². The van der Waals surface area contributed by atoms with Gasteiger partial charge in [0, 0.05) is 11.8 Å². The summed E-state index contributed by atoms with van der Waals surface area (Å²) in [7, 11) is 0. The third-order valence-electron chi connectivity index (χ3n) is 4.31. The van der Waals surface area contributed by atoms with E-state index in [9.17, 15) is 9.59 Å². The second-order valence-corrected chi connectivity index (χ2v) is 7.05. The fraction of sp³-hybridized carbons (Fsp3) is 0.0800. The van der Waals surface area contributed by atoms with Crippen molar-refractivity contribution < 1.29 is 14.3 Å². The largest absolute Gasteiger partial charge is 0.494 e. The highest BCUT2D eigenvalue weighted by atomic mass is 32.1. The van der Waals surface area contributed by atoms with Crippen molar-refractivity contribution in [2.45, 2.75) is 6.92 Å². The maximum Gasteiger partial charge on any atom is 0.257 e. The summed E-state index contributed by atoms with van der Waals surface area (Å²) < 4.78 is 5.41. The molecule has 0 aliphatic carbocycles. The quantitative estimate of drug-likeness (QED) is 0.357. The number of carbonyl (C=O) groups is 2. The molecule has 0 aliphatic rings. The molecular formula is C25H23N3O3S. The Kier molecular flexibility index (Phi) is 8.11. The predicted molar refractivity (Wildman–Crippen MR) is 132 cm³/mol. The van der Waals surface area contributed by atoms with E-state index < -0.39 is 0 Å². The van der Waals surface area contributed by atoms with Crippen LogP contribution in [0.4, 0.5) is 11.4 Å². The molecule has 0 atom stereocenters. The van der Waals surface area contributed by atoms with E-state index in [1.807, 2.05) is 37.3 Å². The molecule has 0 fully saturated rings. The Labute approximate surface area is 192 Å². The van der Waals surface area contributed by atoms with Crippen LogP contribution in [0.25, 0.3) is 6.08 Å². The molecule has 32 heavy (non-hydrogen) atoms. The van der Waals surface area contributed by atoms with Gasteiger partial charge in [-0.1, -0.05) is 42.5 Å². The number of hydrogen-bond donors (Lipinski definition) is 3. The van der Waals surface area contributed by atoms with Crippen LogP contribution in [0, 0.1) is 0 Å². The number of hydrogen-bond acceptors (Lipinski definition) is 4. The first-order chi connectivity index (χ1) is 15.5. The lowest BCUT2D eigenvalue weighted by Gasteiger charge is -2.13. The van der Waals surface area contributed by atoms with Gasteiger partial charge in [-0.2, -0.15) is 0 Å². The Morgan fingerprint density at radius 3 is 2.31 bits per heavy atom. The molecule has 3 aromatic rings. The van der Waals surface area contributed by atoms with Crippen LogP contribution >= 0.6 is 12.2 Å². The lowest BCUT2D eigenvalue weighted by atomic mass is 10.1. The lowest BCUT2D eigenvalue weighted by molar-refractivity contribution is -0.115. The van der Waals surface area contributed by atoms with Gasteiger partial charge in [-0.05, 0) is 67.2 Å². The van der Waals surface area contributed by atoms with E-state index >= 15 is 0 Å². The molecule has 0 bridgehead atoms. The number of anilines is 2. The van der Waals surface area contributed by atoms with Crippen LogP contribution in [0.3, 0.4) is 0 Å². The van der Waals surface area contributed by atoms with Gasteiger partial charge < -0.3 is 15.4 Å². The van der Waals surface area contributed by atoms with E-state index in [-0.39, 0.29) is 16.9 Å². The maximum absolute atomic E-state index is 12.8. The minimum Gasteiger partial charge on any atom is -0.494 e. The molecular weight excluding hydrogens is 422 g/mol. The summed E-state index contributed by atoms with van der Waals surface area (Å²) in [5.41, 5.74) is 2.40. The number of amides is 2. The molecule has 6 nitrogen and oxygen atoms in total. The molecule has 2 amide bonds. The van der Waals surface area contributed by atoms with Crippen molar-refractivity contribution in [2.75, 3.05) is 17.2 Å². The standard InChI is InChI=1S/C25H23N3O3S/c1-2-31-20-15-13-19(14-16-20)26-24(30)21-10-6-7-11-22(21)27-25(32)28-23(29)17-12-18-8-4-3-5-9-18/h3-17H,2H2,1H3,(H,26,30)(H2,27,28,29,32). The first-order valence-corrected chi connectivity index (χ1v) is 10.4. The summed E-state index contributed by atoms with van der Waals surface area (Å²) in [6.45, 7) is 2.48. The summed E-state index contributed by atoms with van der Waals surface area (Å²) in [6.07, 6.45) is 3.09. The van der Waals surface area contributed by atoms with Crippen molar-refractivity contribution in [3.8, 4) is 5.75 Å². The van der Waals surface area contributed by atoms with Crippen molar-refractivity contribution in [1.29, 1.82) is 0 Å². The average Bonchev–Trinajstić information content (AvgIpc) is 2.80. The Hall–Kier alpha value is -3.97. The molecule has 162 valence electrons. The zero-order valence-electron chi connectivity index (χ0n) is 17.5. The van der Waals surface area contributed by atoms with E-state index in [0.717, 1.165) is 11.3 Å². The Morgan fingerprint density at radius 2 is 1.59 bits per heavy atom. The van der Waals surface area contributed by atoms with Crippen molar-refractivity contribution in [2.24, 2.45) is 0 Å². The summed E-state index contributed by atoms with van der Waals surface area (Å²) in [5, 5.41) is 8.43. The van der Waals surface area contributed by atoms with Crippen LogP contribution in [-0.4, -0.2) is 23.5 Å². The third-order valence-corrected chi connectivity index (χ3v) is 4.51. The van der Waals surface area contributed by atoms with Gasteiger partial charge in [0.25, 0.3) is 5.91 Å². The van der Waals surface area contributed by atoms with Crippen LogP contribution in [0.5, 0.6) is 5.75 Å². The number of carbonyl (C=O) groups excluding carboxylic acids is 2. The SMILES string of the molecule is CCOc1ccc(NC(=O)c2ccccc2NC(=S)NC(=O)C=Cc2ccccc2)cc1. The first-order valence-electron chi connectivity index (χ1n) is 10.0. The molecule has 3 N–H and O–H groups in total. The number of nitrogens with one attached hydrogen (secondary N) is 3. The number of thiocarbonyl (C=S) groups is 1. The van der Waals surface area contributed by atoms with Gasteiger partial charge in [0.2, 0.25) is 5.91 Å². The Morgan fingerprint density at radius 1 is 0.906 bits per heavy atom. The summed E-state index contributed by atoms with van der Waals surface area (Å²) in [6, 6.07) is 23.5. The highest BCUT2D eigenvalue weighted by molar-refractivity contribution is 7.80. The molecule has 0 saturated carbocycles. The van der Waals surface area contributed by atoms with E-state index in [1.54, 1.807) is 54.6 Å². The molecule has 0 aliphatic heterocycles. The molecule has 0 aromatic heterocycles. The second-order valence-electron chi connectivity index (χ2n) is 6.64. The summed E-state index contributed by atoms with van der Waals surface area (Å²) in [5.74, 6) is 0.0491. The molecule has 3 aromatic carbocycles. The van der Waals surface area contributed by atoms with Gasteiger partial charge in [0.15, 0.2) is 5.11 Å². The zero-order chi connectivity index (χ0) is 22.8. The zero-order valence-corrected chi connectivity index (χ0v) is 18.3. The average molecular weight is 446 g/mol. The number of para-hydroxylation sites is 1. The van der Waals surface area contributed by atoms with E-state index in [0.29, 0.717) is 23.5 Å². The van der Waals surface area contributed by atoms with Crippen molar-refractivity contribution in [3.05, 3.63) is 96.1 Å². The highest BCUT2D eigenvalue weighted by Gasteiger charge is 2.13. The van der Waals surface area contributed by atoms with Crippen LogP contribution in [0.2, 0.25) is 0 Å². The van der Waals surface area contributed by atoms with Gasteiger partial charge in [-0.15, -0.1) is 0 Å². The lowest BCUT2D eigenvalue weighted by Crippen LogP contribution is -2.33. The molecule has 0 saturated heterocycles. The topological polar surface area (TPSA) is 79.5 Å².